The molecule has 0 unspecified atom stereocenters. The predicted molar refractivity (Wildman–Crippen MR) is 109 cm³/mol. The van der Waals surface area contributed by atoms with Crippen LogP contribution in [0.15, 0.2) is 57.7 Å². The van der Waals surface area contributed by atoms with Gasteiger partial charge in [0.05, 0.1) is 22.9 Å². The second-order valence-corrected chi connectivity index (χ2v) is 6.87. The zero-order valence-corrected chi connectivity index (χ0v) is 16.0. The van der Waals surface area contributed by atoms with Gasteiger partial charge in [-0.25, -0.2) is 9.78 Å². The Bertz CT molecular complexity index is 1240. The zero-order chi connectivity index (χ0) is 20.7. The van der Waals surface area contributed by atoms with Crippen LogP contribution in [0.4, 0.5) is 16.2 Å². The minimum absolute atomic E-state index is 0.126. The van der Waals surface area contributed by atoms with Crippen LogP contribution in [0.5, 0.6) is 0 Å². The van der Waals surface area contributed by atoms with Gasteiger partial charge in [-0.2, -0.15) is 0 Å². The molecule has 3 aromatic heterocycles. The van der Waals surface area contributed by atoms with Crippen molar-refractivity contribution in [1.29, 1.82) is 0 Å². The topological polar surface area (TPSA) is 114 Å². The maximum absolute atomic E-state index is 13.1. The van der Waals surface area contributed by atoms with Crippen LogP contribution in [0.1, 0.15) is 16.1 Å². The lowest BCUT2D eigenvalue weighted by molar-refractivity contribution is 0.102. The van der Waals surface area contributed by atoms with E-state index in [0.717, 1.165) is 5.69 Å². The minimum atomic E-state index is -0.326. The fourth-order valence-corrected chi connectivity index (χ4v) is 3.47. The Morgan fingerprint density at radius 3 is 2.77 bits per heavy atom. The van der Waals surface area contributed by atoms with Crippen LogP contribution in [-0.4, -0.2) is 35.2 Å². The van der Waals surface area contributed by atoms with E-state index in [1.807, 2.05) is 0 Å². The van der Waals surface area contributed by atoms with Crippen LogP contribution in [0, 0.1) is 6.92 Å². The van der Waals surface area contributed by atoms with E-state index in [9.17, 15) is 9.59 Å². The maximum Gasteiger partial charge on any atom is 0.321 e. The fraction of sp³-hybridized carbons (Fsp3) is 0.143. The molecule has 0 radical (unpaired) electrons. The average molecular weight is 403 g/mol. The molecule has 0 spiro atoms. The number of pyridine rings is 1. The number of fused-ring (bicyclic) bond motifs is 1. The first kappa shape index (κ1) is 17.9. The number of aromatic nitrogens is 2. The average Bonchev–Trinajstić information content (AvgIpc) is 3.50. The molecule has 4 aromatic rings. The van der Waals surface area contributed by atoms with Gasteiger partial charge in [-0.15, -0.1) is 0 Å². The Labute approximate surface area is 170 Å². The van der Waals surface area contributed by atoms with Gasteiger partial charge in [0.15, 0.2) is 5.76 Å². The summed E-state index contributed by atoms with van der Waals surface area (Å²) in [5, 5.41) is 10.1. The Hall–Kier alpha value is -4.14. The van der Waals surface area contributed by atoms with Gasteiger partial charge in [-0.05, 0) is 49.4 Å². The van der Waals surface area contributed by atoms with Crippen molar-refractivity contribution in [3.63, 3.8) is 0 Å². The van der Waals surface area contributed by atoms with Crippen LogP contribution in [0.2, 0.25) is 0 Å². The van der Waals surface area contributed by atoms with E-state index in [1.54, 1.807) is 54.3 Å². The summed E-state index contributed by atoms with van der Waals surface area (Å²) in [4.78, 5) is 30.9. The lowest BCUT2D eigenvalue weighted by Gasteiger charge is -2.15. The molecule has 0 aliphatic carbocycles. The number of hydrogen-bond acceptors (Lipinski definition) is 6. The molecule has 1 aliphatic rings. The van der Waals surface area contributed by atoms with E-state index in [0.29, 0.717) is 46.9 Å². The quantitative estimate of drug-likeness (QED) is 0.538. The third-order valence-electron chi connectivity index (χ3n) is 4.93. The molecule has 9 nitrogen and oxygen atoms in total. The number of carbonyl (C=O) groups excluding carboxylic acids is 2. The molecule has 0 saturated carbocycles. The minimum Gasteiger partial charge on any atom is -0.463 e. The normalized spacial score (nSPS) is 13.6. The van der Waals surface area contributed by atoms with E-state index in [2.05, 4.69) is 20.8 Å². The summed E-state index contributed by atoms with van der Waals surface area (Å²) in [5.74, 6) is 0.196. The highest BCUT2D eigenvalue weighted by atomic mass is 16.5. The first-order valence-corrected chi connectivity index (χ1v) is 9.38. The highest BCUT2D eigenvalue weighted by Gasteiger charge is 2.22. The first-order chi connectivity index (χ1) is 14.6. The molecule has 2 N–H and O–H groups in total. The van der Waals surface area contributed by atoms with Crippen molar-refractivity contribution in [3.8, 4) is 11.5 Å². The summed E-state index contributed by atoms with van der Waals surface area (Å²) >= 11 is 0. The number of nitrogens with zero attached hydrogens (tertiary/aromatic N) is 3. The second kappa shape index (κ2) is 7.03. The van der Waals surface area contributed by atoms with Gasteiger partial charge in [-0.3, -0.25) is 9.69 Å². The molecule has 150 valence electrons. The number of nitrogens with one attached hydrogen (secondary N) is 2. The van der Waals surface area contributed by atoms with Crippen LogP contribution >= 0.6 is 0 Å². The van der Waals surface area contributed by atoms with E-state index >= 15 is 0 Å². The molecule has 1 aliphatic heterocycles. The smallest absolute Gasteiger partial charge is 0.321 e. The number of carbonyl (C=O) groups is 2. The highest BCUT2D eigenvalue weighted by molar-refractivity contribution is 6.13. The Kier molecular flexibility index (Phi) is 4.20. The van der Waals surface area contributed by atoms with Crippen LogP contribution in [-0.2, 0) is 0 Å². The Morgan fingerprint density at radius 2 is 2.07 bits per heavy atom. The van der Waals surface area contributed by atoms with Crippen molar-refractivity contribution >= 4 is 34.4 Å². The van der Waals surface area contributed by atoms with Crippen molar-refractivity contribution in [2.45, 2.75) is 6.92 Å². The number of aryl methyl sites for hydroxylation is 1. The molecule has 1 saturated heterocycles. The number of anilines is 2. The number of urea groups is 1. The number of rotatable bonds is 4. The third-order valence-corrected chi connectivity index (χ3v) is 4.93. The molecular formula is C21H17N5O4. The molecule has 1 fully saturated rings. The molecular weight excluding hydrogens is 386 g/mol. The molecule has 4 heterocycles. The molecule has 9 heteroatoms. The van der Waals surface area contributed by atoms with E-state index in [4.69, 9.17) is 8.94 Å². The van der Waals surface area contributed by atoms with Crippen molar-refractivity contribution in [1.82, 2.24) is 15.5 Å². The lowest BCUT2D eigenvalue weighted by Crippen LogP contribution is -2.27. The number of benzene rings is 1. The highest BCUT2D eigenvalue weighted by Crippen LogP contribution is 2.28. The molecule has 3 amide bonds. The predicted octanol–water partition coefficient (Wildman–Crippen LogP) is 3.57. The van der Waals surface area contributed by atoms with Crippen molar-refractivity contribution in [2.24, 2.45) is 0 Å². The second-order valence-electron chi connectivity index (χ2n) is 6.87. The lowest BCUT2D eigenvalue weighted by atomic mass is 10.1. The zero-order valence-electron chi connectivity index (χ0n) is 16.0. The first-order valence-electron chi connectivity index (χ1n) is 9.38. The van der Waals surface area contributed by atoms with Crippen LogP contribution < -0.4 is 15.5 Å². The monoisotopic (exact) mass is 403 g/mol. The molecule has 1 aromatic carbocycles. The largest absolute Gasteiger partial charge is 0.463 e. The van der Waals surface area contributed by atoms with Crippen LogP contribution in [0.25, 0.3) is 22.6 Å². The van der Waals surface area contributed by atoms with Crippen molar-refractivity contribution < 1.29 is 18.5 Å². The van der Waals surface area contributed by atoms with Gasteiger partial charge < -0.3 is 19.6 Å². The van der Waals surface area contributed by atoms with E-state index in [-0.39, 0.29) is 17.7 Å². The van der Waals surface area contributed by atoms with Gasteiger partial charge in [0.2, 0.25) is 0 Å². The number of furan rings is 1. The number of amides is 3. The third kappa shape index (κ3) is 3.06. The van der Waals surface area contributed by atoms with Gasteiger partial charge in [0.1, 0.15) is 5.69 Å². The SMILES string of the molecule is Cc1noc2nc(-c3ccco3)cc(C(=O)Nc3ccc(N4CCNC4=O)cc3)c12. The maximum atomic E-state index is 13.1. The summed E-state index contributed by atoms with van der Waals surface area (Å²) in [6, 6.07) is 12.1. The molecule has 30 heavy (non-hydrogen) atoms. The van der Waals surface area contributed by atoms with Gasteiger partial charge in [-0.1, -0.05) is 5.16 Å². The van der Waals surface area contributed by atoms with Crippen LogP contribution in [0.3, 0.4) is 0 Å². The van der Waals surface area contributed by atoms with Crippen molar-refractivity contribution in [2.75, 3.05) is 23.3 Å². The van der Waals surface area contributed by atoms with Gasteiger partial charge in [0.25, 0.3) is 11.6 Å². The summed E-state index contributed by atoms with van der Waals surface area (Å²) in [6.07, 6.45) is 1.54. The standard InChI is InChI=1S/C21H17N5O4/c1-12-18-15(11-16(17-3-2-10-29-17)24-20(18)30-25-12)19(27)23-13-4-6-14(7-5-13)26-9-8-22-21(26)28/h2-7,10-11H,8-9H2,1H3,(H,22,28)(H,23,27). The summed E-state index contributed by atoms with van der Waals surface area (Å²) in [7, 11) is 0. The van der Waals surface area contributed by atoms with Crippen molar-refractivity contribution in [3.05, 3.63) is 60.0 Å². The van der Waals surface area contributed by atoms with Gasteiger partial charge >= 0.3 is 6.03 Å². The summed E-state index contributed by atoms with van der Waals surface area (Å²) in [6.45, 7) is 2.99. The van der Waals surface area contributed by atoms with E-state index in [1.165, 1.54) is 6.26 Å². The van der Waals surface area contributed by atoms with Gasteiger partial charge in [0, 0.05) is 24.5 Å². The molecule has 0 bridgehead atoms. The molecule has 5 rings (SSSR count). The Morgan fingerprint density at radius 1 is 1.23 bits per heavy atom. The summed E-state index contributed by atoms with van der Waals surface area (Å²) < 4.78 is 10.7. The summed E-state index contributed by atoms with van der Waals surface area (Å²) in [5.41, 5.74) is 3.06. The number of hydrogen-bond donors (Lipinski definition) is 2. The molecule has 0 atom stereocenters. The fourth-order valence-electron chi connectivity index (χ4n) is 3.47. The Balaban J connectivity index is 1.46. The van der Waals surface area contributed by atoms with E-state index < -0.39 is 0 Å².